The Morgan fingerprint density at radius 3 is 2.49 bits per heavy atom. The minimum Gasteiger partial charge on any atom is -0.508 e. The molecule has 3 bridgehead atoms. The number of hydrogen-bond donors (Lipinski definition) is 2. The summed E-state index contributed by atoms with van der Waals surface area (Å²) < 4.78 is 30.9. The van der Waals surface area contributed by atoms with Gasteiger partial charge >= 0.3 is 11.9 Å². The summed E-state index contributed by atoms with van der Waals surface area (Å²) in [6.45, 7) is 11.8. The lowest BCUT2D eigenvalue weighted by molar-refractivity contribution is -0.361. The van der Waals surface area contributed by atoms with E-state index in [0.717, 1.165) is 12.0 Å². The molecule has 0 saturated carbocycles. The number of fused-ring (bicyclic) bond motifs is 2. The molecule has 3 heterocycles. The third-order valence-corrected chi connectivity index (χ3v) is 9.20. The molecule has 3 aliphatic rings. The molecular weight excluding hydrogens is 528 g/mol. The topological polar surface area (TPSA) is 121 Å². The predicted molar refractivity (Wildman–Crippen MR) is 150 cm³/mol. The van der Waals surface area contributed by atoms with Crippen LogP contribution in [0.1, 0.15) is 85.3 Å². The van der Waals surface area contributed by atoms with Gasteiger partial charge in [-0.15, -0.1) is 0 Å². The average Bonchev–Trinajstić information content (AvgIpc) is 2.88. The van der Waals surface area contributed by atoms with E-state index in [2.05, 4.69) is 20.8 Å². The third kappa shape index (κ3) is 6.73. The molecule has 2 N–H and O–H groups in total. The molecule has 228 valence electrons. The highest BCUT2D eigenvalue weighted by Gasteiger charge is 2.60. The Bertz CT molecular complexity index is 1130. The molecule has 1 aromatic carbocycles. The van der Waals surface area contributed by atoms with Crippen molar-refractivity contribution in [2.24, 2.45) is 23.2 Å². The summed E-state index contributed by atoms with van der Waals surface area (Å²) in [6, 6.07) is 7.09. The number of allylic oxidation sites excluding steroid dienone is 1. The van der Waals surface area contributed by atoms with Gasteiger partial charge in [-0.05, 0) is 49.8 Å². The zero-order chi connectivity index (χ0) is 30.1. The minimum absolute atomic E-state index is 0.0348. The van der Waals surface area contributed by atoms with E-state index in [4.69, 9.17) is 23.7 Å². The van der Waals surface area contributed by atoms with E-state index in [9.17, 15) is 19.8 Å². The van der Waals surface area contributed by atoms with Crippen LogP contribution in [0.15, 0.2) is 36.1 Å². The van der Waals surface area contributed by atoms with Crippen LogP contribution in [0.4, 0.5) is 0 Å². The zero-order valence-corrected chi connectivity index (χ0v) is 25.3. The van der Waals surface area contributed by atoms with Crippen molar-refractivity contribution < 1.29 is 43.5 Å². The lowest BCUT2D eigenvalue weighted by Gasteiger charge is -2.58. The Kier molecular flexibility index (Phi) is 9.41. The van der Waals surface area contributed by atoms with Crippen LogP contribution in [0.2, 0.25) is 0 Å². The van der Waals surface area contributed by atoms with Crippen LogP contribution >= 0.6 is 0 Å². The highest BCUT2D eigenvalue weighted by Crippen LogP contribution is 2.55. The largest absolute Gasteiger partial charge is 0.508 e. The van der Waals surface area contributed by atoms with Gasteiger partial charge < -0.3 is 33.9 Å². The predicted octanol–water partition coefficient (Wildman–Crippen LogP) is 5.19. The van der Waals surface area contributed by atoms with Crippen molar-refractivity contribution in [2.45, 2.75) is 110 Å². The summed E-state index contributed by atoms with van der Waals surface area (Å²) in [5, 5.41) is 20.1. The maximum absolute atomic E-state index is 13.1. The number of aliphatic hydroxyl groups excluding tert-OH is 1. The maximum Gasteiger partial charge on any atom is 0.334 e. The normalized spacial score (nSPS) is 35.2. The molecule has 4 rings (SSSR count). The molecule has 9 unspecified atom stereocenters. The van der Waals surface area contributed by atoms with E-state index in [1.807, 2.05) is 19.9 Å². The molecule has 9 heteroatoms. The number of phenolic OH excluding ortho intramolecular Hbond substituents is 1. The van der Waals surface area contributed by atoms with Gasteiger partial charge in [0.2, 0.25) is 5.79 Å². The van der Waals surface area contributed by atoms with Gasteiger partial charge in [0.15, 0.2) is 0 Å². The van der Waals surface area contributed by atoms with Crippen LogP contribution in [0, 0.1) is 23.2 Å². The summed E-state index contributed by atoms with van der Waals surface area (Å²) in [5.41, 5.74) is 0.439. The van der Waals surface area contributed by atoms with Crippen molar-refractivity contribution in [1.29, 1.82) is 0 Å². The highest BCUT2D eigenvalue weighted by molar-refractivity contribution is 5.83. The van der Waals surface area contributed by atoms with Gasteiger partial charge in [-0.3, -0.25) is 4.79 Å². The molecule has 9 atom stereocenters. The van der Waals surface area contributed by atoms with Crippen LogP contribution in [-0.4, -0.2) is 59.5 Å². The first-order valence-corrected chi connectivity index (χ1v) is 14.7. The number of ether oxygens (including phenoxy) is 5. The molecule has 3 aliphatic heterocycles. The van der Waals surface area contributed by atoms with Crippen LogP contribution < -0.4 is 0 Å². The molecule has 9 nitrogen and oxygen atoms in total. The number of carbonyl (C=O) groups excluding carboxylic acids is 2. The fourth-order valence-electron chi connectivity index (χ4n) is 6.66. The smallest absolute Gasteiger partial charge is 0.334 e. The standard InChI is InChI=1S/C32H46O9/c1-18(11-12-24(37-7)22-9-8-10-23(34)13-22)30-20(3)27-17-32(41-30)31(5,6)16-19(2)25(40-32)14-28(35)38-26(21(4)33)15-29(36)39-27/h8-10,13-14,18-21,24,26-27,30,33-34H,11-12,15-17H2,1-7H3/b25-14-. The second-order valence-electron chi connectivity index (χ2n) is 12.9. The molecule has 2 saturated heterocycles. The number of rotatable bonds is 7. The summed E-state index contributed by atoms with van der Waals surface area (Å²) >= 11 is 0. The first kappa shape index (κ1) is 31.3. The molecule has 0 aliphatic carbocycles. The minimum atomic E-state index is -1.13. The third-order valence-electron chi connectivity index (χ3n) is 9.20. The average molecular weight is 575 g/mol. The van der Waals surface area contributed by atoms with E-state index >= 15 is 0 Å². The summed E-state index contributed by atoms with van der Waals surface area (Å²) in [6.07, 6.45) is 0.423. The van der Waals surface area contributed by atoms with Gasteiger partial charge in [0.25, 0.3) is 0 Å². The summed E-state index contributed by atoms with van der Waals surface area (Å²) in [7, 11) is 1.66. The Morgan fingerprint density at radius 1 is 1.10 bits per heavy atom. The van der Waals surface area contributed by atoms with E-state index < -0.39 is 41.5 Å². The van der Waals surface area contributed by atoms with E-state index in [0.29, 0.717) is 25.0 Å². The van der Waals surface area contributed by atoms with Crippen molar-refractivity contribution in [3.63, 3.8) is 0 Å². The number of carbonyl (C=O) groups is 2. The van der Waals surface area contributed by atoms with Crippen molar-refractivity contribution >= 4 is 11.9 Å². The fourth-order valence-corrected chi connectivity index (χ4v) is 6.66. The first-order chi connectivity index (χ1) is 19.2. The Morgan fingerprint density at radius 2 is 1.83 bits per heavy atom. The second kappa shape index (κ2) is 12.3. The first-order valence-electron chi connectivity index (χ1n) is 14.7. The van der Waals surface area contributed by atoms with Gasteiger partial charge in [0, 0.05) is 24.4 Å². The lowest BCUT2D eigenvalue weighted by atomic mass is 9.68. The molecular formula is C32H46O9. The second-order valence-corrected chi connectivity index (χ2v) is 12.9. The highest BCUT2D eigenvalue weighted by atomic mass is 16.7. The zero-order valence-electron chi connectivity index (χ0n) is 25.3. The van der Waals surface area contributed by atoms with E-state index in [-0.39, 0.29) is 42.1 Å². The van der Waals surface area contributed by atoms with Crippen molar-refractivity contribution in [1.82, 2.24) is 0 Å². The maximum atomic E-state index is 13.1. The number of phenols is 1. The Balaban J connectivity index is 1.65. The number of hydrogen-bond acceptors (Lipinski definition) is 9. The van der Waals surface area contributed by atoms with Crippen LogP contribution in [0.25, 0.3) is 0 Å². The number of aliphatic hydroxyl groups is 1. The van der Waals surface area contributed by atoms with Gasteiger partial charge in [-0.2, -0.15) is 0 Å². The number of benzene rings is 1. The SMILES string of the molecule is COC(CCC(C)C1OC23CC(OC(=O)CC(C(C)O)OC(=O)/C=C(\O2)C(C)CC3(C)C)C1C)c1cccc(O)c1. The molecule has 1 spiro atoms. The van der Waals surface area contributed by atoms with Gasteiger partial charge in [0.05, 0.1) is 37.2 Å². The molecule has 0 radical (unpaired) electrons. The number of aromatic hydroxyl groups is 1. The van der Waals surface area contributed by atoms with Crippen LogP contribution in [0.3, 0.4) is 0 Å². The van der Waals surface area contributed by atoms with E-state index in [1.54, 1.807) is 25.3 Å². The number of esters is 2. The van der Waals surface area contributed by atoms with Gasteiger partial charge in [-0.25, -0.2) is 4.79 Å². The molecule has 41 heavy (non-hydrogen) atoms. The van der Waals surface area contributed by atoms with Crippen LogP contribution in [0.5, 0.6) is 5.75 Å². The van der Waals surface area contributed by atoms with Crippen molar-refractivity contribution in [2.75, 3.05) is 7.11 Å². The lowest BCUT2D eigenvalue weighted by Crippen LogP contribution is -2.63. The monoisotopic (exact) mass is 574 g/mol. The van der Waals surface area contributed by atoms with E-state index in [1.165, 1.54) is 13.0 Å². The Hall–Kier alpha value is -2.62. The molecule has 0 amide bonds. The summed E-state index contributed by atoms with van der Waals surface area (Å²) in [5.74, 6) is -1.87. The Labute approximate surface area is 243 Å². The van der Waals surface area contributed by atoms with Crippen molar-refractivity contribution in [3.05, 3.63) is 41.7 Å². The molecule has 2 fully saturated rings. The quantitative estimate of drug-likeness (QED) is 0.424. The molecule has 1 aromatic rings. The van der Waals surface area contributed by atoms with Gasteiger partial charge in [0.1, 0.15) is 23.7 Å². The summed E-state index contributed by atoms with van der Waals surface area (Å²) in [4.78, 5) is 25.9. The van der Waals surface area contributed by atoms with Crippen LogP contribution in [-0.2, 0) is 33.3 Å². The number of cyclic esters (lactones) is 1. The fraction of sp³-hybridized carbons (Fsp3) is 0.688. The van der Waals surface area contributed by atoms with Gasteiger partial charge in [-0.1, -0.05) is 46.8 Å². The number of methoxy groups -OCH3 is 1. The van der Waals surface area contributed by atoms with Crippen molar-refractivity contribution in [3.8, 4) is 5.75 Å². The molecule has 0 aromatic heterocycles.